The smallest absolute Gasteiger partial charge is 0.225 e. The number of piperidine rings is 1. The van der Waals surface area contributed by atoms with Crippen LogP contribution in [0.2, 0.25) is 0 Å². The first kappa shape index (κ1) is 20.6. The lowest BCUT2D eigenvalue weighted by Crippen LogP contribution is -2.35. The Hall–Kier alpha value is -2.15. The summed E-state index contributed by atoms with van der Waals surface area (Å²) in [5.41, 5.74) is 2.34. The summed E-state index contributed by atoms with van der Waals surface area (Å²) in [5, 5.41) is 15.1. The van der Waals surface area contributed by atoms with Gasteiger partial charge in [0, 0.05) is 37.8 Å². The Labute approximate surface area is 167 Å². The first-order valence-electron chi connectivity index (χ1n) is 10.5. The molecule has 154 valence electrons. The fourth-order valence-corrected chi connectivity index (χ4v) is 3.84. The maximum absolute atomic E-state index is 12.1. The van der Waals surface area contributed by atoms with E-state index in [0.29, 0.717) is 24.3 Å². The molecule has 0 unspecified atom stereocenters. The van der Waals surface area contributed by atoms with Gasteiger partial charge in [0.05, 0.1) is 17.9 Å². The van der Waals surface area contributed by atoms with Crippen molar-refractivity contribution in [3.05, 3.63) is 29.7 Å². The van der Waals surface area contributed by atoms with Crippen molar-refractivity contribution in [3.8, 4) is 0 Å². The molecule has 2 aromatic rings. The molecular formula is C21H34N6O. The average Bonchev–Trinajstić information content (AvgIpc) is 3.24. The average molecular weight is 387 g/mol. The molecule has 7 heteroatoms. The molecule has 2 aromatic heterocycles. The molecule has 0 bridgehead atoms. The van der Waals surface area contributed by atoms with E-state index in [-0.39, 0.29) is 5.91 Å². The van der Waals surface area contributed by atoms with Crippen molar-refractivity contribution in [1.82, 2.24) is 24.9 Å². The summed E-state index contributed by atoms with van der Waals surface area (Å²) in [5.74, 6) is 1.85. The second-order valence-electron chi connectivity index (χ2n) is 8.80. The molecule has 28 heavy (non-hydrogen) atoms. The lowest BCUT2D eigenvalue weighted by atomic mass is 10.0. The molecule has 1 aliphatic rings. The molecule has 0 spiro atoms. The molecule has 0 saturated carbocycles. The number of aromatic nitrogens is 4. The van der Waals surface area contributed by atoms with Crippen molar-refractivity contribution in [2.24, 2.45) is 11.8 Å². The third-order valence-corrected chi connectivity index (χ3v) is 5.13. The van der Waals surface area contributed by atoms with Gasteiger partial charge < -0.3 is 5.32 Å². The maximum atomic E-state index is 12.1. The largest absolute Gasteiger partial charge is 0.311 e. The second kappa shape index (κ2) is 9.37. The number of hydrogen-bond donors (Lipinski definition) is 2. The van der Waals surface area contributed by atoms with Crippen molar-refractivity contribution in [2.75, 3.05) is 18.4 Å². The van der Waals surface area contributed by atoms with Gasteiger partial charge in [0.2, 0.25) is 5.91 Å². The highest BCUT2D eigenvalue weighted by molar-refractivity contribution is 5.89. The van der Waals surface area contributed by atoms with E-state index in [1.165, 1.54) is 5.69 Å². The van der Waals surface area contributed by atoms with Gasteiger partial charge in [-0.25, -0.2) is 4.68 Å². The van der Waals surface area contributed by atoms with Gasteiger partial charge in [-0.1, -0.05) is 27.7 Å². The number of nitrogens with zero attached hydrogens (tertiary/aromatic N) is 4. The molecule has 1 aliphatic heterocycles. The predicted octanol–water partition coefficient (Wildman–Crippen LogP) is 3.63. The zero-order valence-corrected chi connectivity index (χ0v) is 17.6. The molecular weight excluding hydrogens is 352 g/mol. The SMILES string of the molecule is CC(C)CC(=O)Nc1ccnn1C1CCN(Cc2cc(CC(C)C)n[nH]2)CC1. The Balaban J connectivity index is 1.51. The van der Waals surface area contributed by atoms with E-state index in [4.69, 9.17) is 0 Å². The van der Waals surface area contributed by atoms with Gasteiger partial charge in [-0.3, -0.25) is 14.8 Å². The van der Waals surface area contributed by atoms with Crippen LogP contribution in [-0.4, -0.2) is 43.9 Å². The van der Waals surface area contributed by atoms with Crippen molar-refractivity contribution < 1.29 is 4.79 Å². The molecule has 0 aromatic carbocycles. The predicted molar refractivity (Wildman–Crippen MR) is 111 cm³/mol. The number of carbonyl (C=O) groups excluding carboxylic acids is 1. The van der Waals surface area contributed by atoms with Crippen molar-refractivity contribution in [2.45, 2.75) is 66.0 Å². The van der Waals surface area contributed by atoms with Crippen LogP contribution in [0.15, 0.2) is 18.3 Å². The van der Waals surface area contributed by atoms with E-state index in [1.54, 1.807) is 6.20 Å². The summed E-state index contributed by atoms with van der Waals surface area (Å²) in [6.07, 6.45) is 5.39. The minimum Gasteiger partial charge on any atom is -0.311 e. The van der Waals surface area contributed by atoms with Crippen LogP contribution in [0.5, 0.6) is 0 Å². The van der Waals surface area contributed by atoms with E-state index >= 15 is 0 Å². The number of aromatic amines is 1. The zero-order valence-electron chi connectivity index (χ0n) is 17.6. The van der Waals surface area contributed by atoms with Crippen LogP contribution in [0.4, 0.5) is 5.82 Å². The fraction of sp³-hybridized carbons (Fsp3) is 0.667. The molecule has 3 heterocycles. The first-order valence-corrected chi connectivity index (χ1v) is 10.5. The van der Waals surface area contributed by atoms with Crippen LogP contribution >= 0.6 is 0 Å². The van der Waals surface area contributed by atoms with Crippen LogP contribution in [0.25, 0.3) is 0 Å². The van der Waals surface area contributed by atoms with Gasteiger partial charge in [0.15, 0.2) is 0 Å². The minimum absolute atomic E-state index is 0.0608. The molecule has 0 aliphatic carbocycles. The Morgan fingerprint density at radius 1 is 1.25 bits per heavy atom. The number of hydrogen-bond acceptors (Lipinski definition) is 4. The zero-order chi connectivity index (χ0) is 20.1. The topological polar surface area (TPSA) is 78.8 Å². The number of H-pyrrole nitrogens is 1. The van der Waals surface area contributed by atoms with Gasteiger partial charge in [0.1, 0.15) is 5.82 Å². The number of anilines is 1. The summed E-state index contributed by atoms with van der Waals surface area (Å²) in [4.78, 5) is 14.6. The van der Waals surface area contributed by atoms with E-state index in [1.807, 2.05) is 10.7 Å². The monoisotopic (exact) mass is 386 g/mol. The van der Waals surface area contributed by atoms with Gasteiger partial charge >= 0.3 is 0 Å². The van der Waals surface area contributed by atoms with Crippen molar-refractivity contribution in [1.29, 1.82) is 0 Å². The summed E-state index contributed by atoms with van der Waals surface area (Å²) < 4.78 is 1.99. The van der Waals surface area contributed by atoms with Gasteiger partial charge in [0.25, 0.3) is 0 Å². The lowest BCUT2D eigenvalue weighted by molar-refractivity contribution is -0.116. The third-order valence-electron chi connectivity index (χ3n) is 5.13. The highest BCUT2D eigenvalue weighted by Gasteiger charge is 2.23. The molecule has 0 atom stereocenters. The molecule has 1 fully saturated rings. The quantitative estimate of drug-likeness (QED) is 0.726. The number of nitrogens with one attached hydrogen (secondary N) is 2. The Morgan fingerprint density at radius 2 is 2.00 bits per heavy atom. The fourth-order valence-electron chi connectivity index (χ4n) is 3.84. The molecule has 1 saturated heterocycles. The number of carbonyl (C=O) groups is 1. The molecule has 0 radical (unpaired) electrons. The normalized spacial score (nSPS) is 16.2. The van der Waals surface area contributed by atoms with E-state index < -0.39 is 0 Å². The van der Waals surface area contributed by atoms with Crippen LogP contribution in [0.1, 0.15) is 64.4 Å². The molecule has 2 N–H and O–H groups in total. The van der Waals surface area contributed by atoms with Crippen LogP contribution in [-0.2, 0) is 17.8 Å². The summed E-state index contributed by atoms with van der Waals surface area (Å²) >= 11 is 0. The second-order valence-corrected chi connectivity index (χ2v) is 8.80. The van der Waals surface area contributed by atoms with Crippen LogP contribution in [0, 0.1) is 11.8 Å². The Kier molecular flexibility index (Phi) is 6.88. The maximum Gasteiger partial charge on any atom is 0.225 e. The minimum atomic E-state index is 0.0608. The van der Waals surface area contributed by atoms with E-state index in [2.05, 4.69) is 59.3 Å². The van der Waals surface area contributed by atoms with E-state index in [0.717, 1.165) is 50.4 Å². The Bertz CT molecular complexity index is 755. The summed E-state index contributed by atoms with van der Waals surface area (Å²) in [6, 6.07) is 4.42. The number of likely N-dealkylation sites (tertiary alicyclic amines) is 1. The molecule has 1 amide bonds. The summed E-state index contributed by atoms with van der Waals surface area (Å²) in [6.45, 7) is 11.5. The van der Waals surface area contributed by atoms with Gasteiger partial charge in [-0.2, -0.15) is 10.2 Å². The molecule has 3 rings (SSSR count). The Morgan fingerprint density at radius 3 is 2.68 bits per heavy atom. The van der Waals surface area contributed by atoms with E-state index in [9.17, 15) is 4.79 Å². The van der Waals surface area contributed by atoms with Gasteiger partial charge in [-0.15, -0.1) is 0 Å². The van der Waals surface area contributed by atoms with Crippen LogP contribution < -0.4 is 5.32 Å². The standard InChI is InChI=1S/C21H34N6O/c1-15(2)11-17-13-18(25-24-17)14-26-9-6-19(7-10-26)27-20(5-8-22-27)23-21(28)12-16(3)4/h5,8,13,15-16,19H,6-7,9-12,14H2,1-4H3,(H,23,28)(H,24,25). The van der Waals surface area contributed by atoms with Crippen molar-refractivity contribution >= 4 is 11.7 Å². The highest BCUT2D eigenvalue weighted by Crippen LogP contribution is 2.26. The lowest BCUT2D eigenvalue weighted by Gasteiger charge is -2.32. The third kappa shape index (κ3) is 5.67. The highest BCUT2D eigenvalue weighted by atomic mass is 16.1. The molecule has 7 nitrogen and oxygen atoms in total. The summed E-state index contributed by atoms with van der Waals surface area (Å²) in [7, 11) is 0. The van der Waals surface area contributed by atoms with Crippen LogP contribution in [0.3, 0.4) is 0 Å². The van der Waals surface area contributed by atoms with Gasteiger partial charge in [-0.05, 0) is 37.2 Å². The number of rotatable bonds is 8. The van der Waals surface area contributed by atoms with Crippen molar-refractivity contribution in [3.63, 3.8) is 0 Å². The first-order chi connectivity index (χ1) is 13.4. The number of amides is 1.